The Kier molecular flexibility index (Phi) is 6.55. The van der Waals surface area contributed by atoms with Crippen LogP contribution in [0.4, 0.5) is 5.69 Å². The minimum Gasteiger partial charge on any atom is -0.368 e. The molecule has 0 saturated heterocycles. The predicted octanol–water partition coefficient (Wildman–Crippen LogP) is 6.35. The van der Waals surface area contributed by atoms with Gasteiger partial charge in [-0.15, -0.1) is 0 Å². The summed E-state index contributed by atoms with van der Waals surface area (Å²) in [6.07, 6.45) is 0. The van der Waals surface area contributed by atoms with E-state index < -0.39 is 13.4 Å². The second-order valence-corrected chi connectivity index (χ2v) is 8.65. The van der Waals surface area contributed by atoms with Gasteiger partial charge in [-0.2, -0.15) is 0 Å². The number of benzene rings is 2. The fraction of sp³-hybridized carbons (Fsp3) is 0.200. The van der Waals surface area contributed by atoms with Crippen molar-refractivity contribution in [2.24, 2.45) is 0 Å². The maximum absolute atomic E-state index is 13.0. The average molecular weight is 439 g/mol. The first-order valence-electron chi connectivity index (χ1n) is 6.58. The van der Waals surface area contributed by atoms with Crippen molar-refractivity contribution in [3.8, 4) is 0 Å². The second kappa shape index (κ2) is 8.02. The van der Waals surface area contributed by atoms with Gasteiger partial charge in [0, 0.05) is 40.0 Å². The molecule has 8 heteroatoms. The summed E-state index contributed by atoms with van der Waals surface area (Å²) < 4.78 is 24.2. The third kappa shape index (κ3) is 4.30. The van der Waals surface area contributed by atoms with Gasteiger partial charge in [0.1, 0.15) is 0 Å². The van der Waals surface area contributed by atoms with Crippen molar-refractivity contribution in [3.05, 3.63) is 62.5 Å². The van der Waals surface area contributed by atoms with Crippen LogP contribution in [0.25, 0.3) is 0 Å². The molecule has 0 fully saturated rings. The molecule has 0 spiro atoms. The van der Waals surface area contributed by atoms with E-state index in [1.54, 1.807) is 18.2 Å². The van der Waals surface area contributed by atoms with Crippen molar-refractivity contribution in [1.82, 2.24) is 0 Å². The Labute approximate surface area is 153 Å². The van der Waals surface area contributed by atoms with E-state index in [4.69, 9.17) is 32.2 Å². The number of rotatable bonds is 6. The zero-order valence-corrected chi connectivity index (χ0v) is 16.4. The topological polar surface area (TPSA) is 47.6 Å². The molecule has 0 saturated carbocycles. The SMILES string of the molecule is COP(=O)(OC)C(Nc1ccc(Br)cc1)c1c(Cl)cccc1Cl. The third-order valence-electron chi connectivity index (χ3n) is 3.25. The van der Waals surface area contributed by atoms with E-state index in [1.165, 1.54) is 14.2 Å². The first-order chi connectivity index (χ1) is 10.9. The van der Waals surface area contributed by atoms with Crippen molar-refractivity contribution in [3.63, 3.8) is 0 Å². The lowest BCUT2D eigenvalue weighted by Crippen LogP contribution is -2.14. The van der Waals surface area contributed by atoms with E-state index in [-0.39, 0.29) is 0 Å². The van der Waals surface area contributed by atoms with Crippen LogP contribution in [0.15, 0.2) is 46.9 Å². The van der Waals surface area contributed by atoms with Gasteiger partial charge in [0.25, 0.3) is 0 Å². The molecule has 1 atom stereocenters. The smallest absolute Gasteiger partial charge is 0.356 e. The highest BCUT2D eigenvalue weighted by atomic mass is 79.9. The molecule has 1 N–H and O–H groups in total. The van der Waals surface area contributed by atoms with Gasteiger partial charge < -0.3 is 14.4 Å². The molecular formula is C15H15BrCl2NO3P. The molecule has 4 nitrogen and oxygen atoms in total. The van der Waals surface area contributed by atoms with Gasteiger partial charge in [-0.25, -0.2) is 0 Å². The molecule has 0 radical (unpaired) electrons. The highest BCUT2D eigenvalue weighted by Gasteiger charge is 2.38. The maximum atomic E-state index is 13.0. The number of hydrogen-bond acceptors (Lipinski definition) is 4. The molecule has 0 aliphatic carbocycles. The van der Waals surface area contributed by atoms with Gasteiger partial charge in [0.15, 0.2) is 5.78 Å². The van der Waals surface area contributed by atoms with Crippen LogP contribution in [0.2, 0.25) is 10.0 Å². The summed E-state index contributed by atoms with van der Waals surface area (Å²) in [7, 11) is -0.887. The number of hydrogen-bond donors (Lipinski definition) is 1. The standard InChI is InChI=1S/C15H15BrCl2NO3P/c1-21-23(20,22-2)15(14-12(17)4-3-5-13(14)18)19-11-8-6-10(16)7-9-11/h3-9,15,19H,1-2H3. The zero-order chi connectivity index (χ0) is 17.0. The molecule has 0 aliphatic rings. The van der Waals surface area contributed by atoms with Crippen molar-refractivity contribution < 1.29 is 13.6 Å². The molecule has 2 rings (SSSR count). The van der Waals surface area contributed by atoms with Gasteiger partial charge >= 0.3 is 7.60 Å². The normalized spacial score (nSPS) is 12.9. The Bertz CT molecular complexity index is 699. The molecular weight excluding hydrogens is 424 g/mol. The Balaban J connectivity index is 2.52. The quantitative estimate of drug-likeness (QED) is 0.533. The summed E-state index contributed by atoms with van der Waals surface area (Å²) >= 11 is 15.9. The fourth-order valence-corrected chi connectivity index (χ4v) is 4.58. The number of nitrogens with one attached hydrogen (secondary N) is 1. The predicted molar refractivity (Wildman–Crippen MR) is 98.6 cm³/mol. The number of anilines is 1. The van der Waals surface area contributed by atoms with Crippen LogP contribution in [0.5, 0.6) is 0 Å². The third-order valence-corrected chi connectivity index (χ3v) is 6.47. The summed E-state index contributed by atoms with van der Waals surface area (Å²) in [6, 6.07) is 12.4. The molecule has 0 bridgehead atoms. The molecule has 0 heterocycles. The summed E-state index contributed by atoms with van der Waals surface area (Å²) in [5.74, 6) is -0.847. The fourth-order valence-electron chi connectivity index (χ4n) is 2.07. The van der Waals surface area contributed by atoms with Crippen LogP contribution in [-0.2, 0) is 13.6 Å². The molecule has 124 valence electrons. The van der Waals surface area contributed by atoms with Gasteiger partial charge in [-0.3, -0.25) is 4.57 Å². The molecule has 0 aromatic heterocycles. The average Bonchev–Trinajstić information content (AvgIpc) is 2.55. The highest BCUT2D eigenvalue weighted by molar-refractivity contribution is 9.10. The van der Waals surface area contributed by atoms with Gasteiger partial charge in [-0.1, -0.05) is 45.2 Å². The van der Waals surface area contributed by atoms with E-state index >= 15 is 0 Å². The second-order valence-electron chi connectivity index (χ2n) is 4.59. The Morgan fingerprint density at radius 3 is 2.04 bits per heavy atom. The van der Waals surface area contributed by atoms with Crippen LogP contribution in [-0.4, -0.2) is 14.2 Å². The van der Waals surface area contributed by atoms with E-state index in [9.17, 15) is 4.57 Å². The zero-order valence-electron chi connectivity index (χ0n) is 12.4. The van der Waals surface area contributed by atoms with Crippen LogP contribution >= 0.6 is 46.7 Å². The Morgan fingerprint density at radius 2 is 1.57 bits per heavy atom. The van der Waals surface area contributed by atoms with Crippen molar-refractivity contribution in [2.45, 2.75) is 5.78 Å². The van der Waals surface area contributed by atoms with Gasteiger partial charge in [0.05, 0.1) is 0 Å². The first-order valence-corrected chi connectivity index (χ1v) is 9.74. The largest absolute Gasteiger partial charge is 0.368 e. The Morgan fingerprint density at radius 1 is 1.04 bits per heavy atom. The van der Waals surface area contributed by atoms with E-state index in [2.05, 4.69) is 21.2 Å². The Hall–Kier alpha value is -0.550. The van der Waals surface area contributed by atoms with Crippen molar-refractivity contribution >= 4 is 52.4 Å². The lowest BCUT2D eigenvalue weighted by atomic mass is 10.2. The molecule has 0 aliphatic heterocycles. The van der Waals surface area contributed by atoms with Crippen LogP contribution in [0.1, 0.15) is 11.3 Å². The molecule has 0 amide bonds. The van der Waals surface area contributed by atoms with E-state index in [1.807, 2.05) is 24.3 Å². The molecule has 1 unspecified atom stereocenters. The van der Waals surface area contributed by atoms with Crippen molar-refractivity contribution in [1.29, 1.82) is 0 Å². The van der Waals surface area contributed by atoms with Crippen molar-refractivity contribution in [2.75, 3.05) is 19.5 Å². The molecule has 2 aromatic rings. The summed E-state index contributed by atoms with van der Waals surface area (Å²) in [5.41, 5.74) is 1.19. The van der Waals surface area contributed by atoms with Crippen LogP contribution in [0.3, 0.4) is 0 Å². The van der Waals surface area contributed by atoms with Crippen LogP contribution in [0, 0.1) is 0 Å². The molecule has 2 aromatic carbocycles. The maximum Gasteiger partial charge on any atom is 0.356 e. The van der Waals surface area contributed by atoms with E-state index in [0.29, 0.717) is 15.6 Å². The lowest BCUT2D eigenvalue weighted by molar-refractivity contribution is 0.268. The number of halogens is 3. The lowest BCUT2D eigenvalue weighted by Gasteiger charge is -2.27. The highest BCUT2D eigenvalue weighted by Crippen LogP contribution is 2.61. The summed E-state index contributed by atoms with van der Waals surface area (Å²) in [6.45, 7) is 0. The minimum atomic E-state index is -3.54. The first kappa shape index (κ1) is 18.8. The summed E-state index contributed by atoms with van der Waals surface area (Å²) in [4.78, 5) is 0. The van der Waals surface area contributed by atoms with E-state index in [0.717, 1.165) is 10.2 Å². The monoisotopic (exact) mass is 437 g/mol. The minimum absolute atomic E-state index is 0.376. The molecule has 23 heavy (non-hydrogen) atoms. The summed E-state index contributed by atoms with van der Waals surface area (Å²) in [5, 5.41) is 3.90. The van der Waals surface area contributed by atoms with Gasteiger partial charge in [0.2, 0.25) is 0 Å². The van der Waals surface area contributed by atoms with Gasteiger partial charge in [-0.05, 0) is 36.4 Å². The van der Waals surface area contributed by atoms with Crippen LogP contribution < -0.4 is 5.32 Å².